The third-order valence-corrected chi connectivity index (χ3v) is 8.81. The van der Waals surface area contributed by atoms with Crippen molar-refractivity contribution in [2.24, 2.45) is 7.05 Å². The quantitative estimate of drug-likeness (QED) is 0.101. The number of anilines is 1. The molecule has 1 fully saturated rings. The molecule has 0 unspecified atom stereocenters. The maximum atomic E-state index is 13.3. The maximum Gasteiger partial charge on any atom is 0.303 e. The SMILES string of the molecule is Cn1cc(-c2ccc(CCOCCC(=O)N(CCNCCc3ccc(O)c4c3OCC(=O)N4)C3CCCCC3)cc2)cn1.O=C(O)CCC(=O)O. The van der Waals surface area contributed by atoms with Gasteiger partial charge in [0.15, 0.2) is 12.4 Å². The van der Waals surface area contributed by atoms with Crippen molar-refractivity contribution in [1.82, 2.24) is 20.0 Å². The molecule has 0 spiro atoms. The first kappa shape index (κ1) is 38.8. The lowest BCUT2D eigenvalue weighted by atomic mass is 9.94. The van der Waals surface area contributed by atoms with Gasteiger partial charge in [0, 0.05) is 37.9 Å². The second-order valence-electron chi connectivity index (χ2n) is 12.7. The van der Waals surface area contributed by atoms with Crippen molar-refractivity contribution >= 4 is 29.4 Å². The number of ether oxygens (including phenoxy) is 2. The van der Waals surface area contributed by atoms with Crippen molar-refractivity contribution in [1.29, 1.82) is 0 Å². The van der Waals surface area contributed by atoms with Crippen molar-refractivity contribution in [2.45, 2.75) is 70.3 Å². The second kappa shape index (κ2) is 20.0. The number of aliphatic carboxylic acids is 2. The Labute approximate surface area is 297 Å². The molecule has 14 nitrogen and oxygen atoms in total. The van der Waals surface area contributed by atoms with Gasteiger partial charge in [-0.3, -0.25) is 23.9 Å². The summed E-state index contributed by atoms with van der Waals surface area (Å²) in [6.45, 7) is 2.99. The number of carbonyl (C=O) groups excluding carboxylic acids is 2. The highest BCUT2D eigenvalue weighted by molar-refractivity contribution is 5.97. The van der Waals surface area contributed by atoms with Crippen molar-refractivity contribution in [2.75, 3.05) is 44.8 Å². The Balaban J connectivity index is 0.000000652. The van der Waals surface area contributed by atoms with Gasteiger partial charge in [0.1, 0.15) is 11.4 Å². The first-order valence-electron chi connectivity index (χ1n) is 17.5. The molecule has 1 aliphatic heterocycles. The third-order valence-electron chi connectivity index (χ3n) is 8.81. The van der Waals surface area contributed by atoms with Crippen LogP contribution in [0.2, 0.25) is 0 Å². The molecule has 1 aromatic heterocycles. The summed E-state index contributed by atoms with van der Waals surface area (Å²) in [4.78, 5) is 46.3. The summed E-state index contributed by atoms with van der Waals surface area (Å²) >= 11 is 0. The molecule has 2 aliphatic rings. The van der Waals surface area contributed by atoms with E-state index < -0.39 is 11.9 Å². The number of carboxylic acids is 2. The van der Waals surface area contributed by atoms with Crippen LogP contribution in [0.25, 0.3) is 11.1 Å². The Bertz CT molecular complexity index is 1590. The molecule has 1 saturated carbocycles. The number of hydrogen-bond donors (Lipinski definition) is 5. The Morgan fingerprint density at radius 2 is 1.69 bits per heavy atom. The van der Waals surface area contributed by atoms with Crippen LogP contribution in [0, 0.1) is 0 Å². The van der Waals surface area contributed by atoms with Crippen molar-refractivity contribution in [3.63, 3.8) is 0 Å². The molecule has 2 amide bonds. The highest BCUT2D eigenvalue weighted by Crippen LogP contribution is 2.39. The number of carbonyl (C=O) groups is 4. The van der Waals surface area contributed by atoms with Crippen LogP contribution < -0.4 is 15.4 Å². The highest BCUT2D eigenvalue weighted by Gasteiger charge is 2.25. The zero-order valence-electron chi connectivity index (χ0n) is 29.1. The summed E-state index contributed by atoms with van der Waals surface area (Å²) in [6, 6.07) is 12.2. The number of aromatic nitrogens is 2. The van der Waals surface area contributed by atoms with Crippen LogP contribution in [-0.2, 0) is 43.8 Å². The second-order valence-corrected chi connectivity index (χ2v) is 12.7. The molecule has 5 N–H and O–H groups in total. The molecule has 2 heterocycles. The zero-order chi connectivity index (χ0) is 36.6. The number of benzene rings is 2. The molecular formula is C37H49N5O9. The topological polar surface area (TPSA) is 193 Å². The monoisotopic (exact) mass is 707 g/mol. The van der Waals surface area contributed by atoms with Gasteiger partial charge in [-0.05, 0) is 55.0 Å². The van der Waals surface area contributed by atoms with Gasteiger partial charge in [0.25, 0.3) is 5.91 Å². The predicted octanol–water partition coefficient (Wildman–Crippen LogP) is 4.00. The van der Waals surface area contributed by atoms with Gasteiger partial charge < -0.3 is 40.3 Å². The smallest absolute Gasteiger partial charge is 0.303 e. The first-order valence-corrected chi connectivity index (χ1v) is 17.5. The van der Waals surface area contributed by atoms with Crippen LogP contribution in [0.15, 0.2) is 48.8 Å². The fourth-order valence-electron chi connectivity index (χ4n) is 6.11. The van der Waals surface area contributed by atoms with Crippen LogP contribution in [0.5, 0.6) is 11.5 Å². The molecule has 0 bridgehead atoms. The lowest BCUT2D eigenvalue weighted by molar-refractivity contribution is -0.143. The fraction of sp³-hybridized carbons (Fsp3) is 0.486. The van der Waals surface area contributed by atoms with E-state index in [1.165, 1.54) is 24.8 Å². The molecule has 3 aromatic rings. The van der Waals surface area contributed by atoms with Crippen molar-refractivity contribution < 1.29 is 44.0 Å². The van der Waals surface area contributed by atoms with Gasteiger partial charge >= 0.3 is 11.9 Å². The average Bonchev–Trinajstić information content (AvgIpc) is 3.56. The molecule has 0 radical (unpaired) electrons. The first-order chi connectivity index (χ1) is 24.6. The minimum Gasteiger partial charge on any atom is -0.506 e. The number of hydrogen-bond acceptors (Lipinski definition) is 9. The van der Waals surface area contributed by atoms with E-state index >= 15 is 0 Å². The molecule has 0 saturated heterocycles. The number of aryl methyl sites for hydroxylation is 1. The van der Waals surface area contributed by atoms with Crippen LogP contribution in [-0.4, -0.2) is 99.2 Å². The third kappa shape index (κ3) is 12.7. The summed E-state index contributed by atoms with van der Waals surface area (Å²) in [5, 5.41) is 36.3. The van der Waals surface area contributed by atoms with E-state index in [-0.39, 0.29) is 37.0 Å². The molecule has 14 heteroatoms. The molecule has 0 atom stereocenters. The van der Waals surface area contributed by atoms with Crippen LogP contribution >= 0.6 is 0 Å². The van der Waals surface area contributed by atoms with Crippen molar-refractivity contribution in [3.05, 3.63) is 59.9 Å². The van der Waals surface area contributed by atoms with Crippen LogP contribution in [0.4, 0.5) is 5.69 Å². The highest BCUT2D eigenvalue weighted by atomic mass is 16.5. The summed E-state index contributed by atoms with van der Waals surface area (Å²) in [6.07, 6.45) is 10.8. The van der Waals surface area contributed by atoms with Crippen molar-refractivity contribution in [3.8, 4) is 22.6 Å². The number of nitrogens with one attached hydrogen (secondary N) is 2. The Hall–Kier alpha value is -4.95. The van der Waals surface area contributed by atoms with Gasteiger partial charge in [-0.25, -0.2) is 0 Å². The fourth-order valence-corrected chi connectivity index (χ4v) is 6.11. The van der Waals surface area contributed by atoms with Gasteiger partial charge in [-0.15, -0.1) is 0 Å². The Morgan fingerprint density at radius 3 is 2.35 bits per heavy atom. The zero-order valence-corrected chi connectivity index (χ0v) is 29.1. The molecule has 1 aliphatic carbocycles. The van der Waals surface area contributed by atoms with E-state index in [0.717, 1.165) is 36.0 Å². The van der Waals surface area contributed by atoms with E-state index in [9.17, 15) is 24.3 Å². The van der Waals surface area contributed by atoms with E-state index in [0.29, 0.717) is 63.2 Å². The number of nitrogens with zero attached hydrogens (tertiary/aromatic N) is 3. The number of aromatic hydroxyl groups is 1. The number of rotatable bonds is 17. The van der Waals surface area contributed by atoms with Gasteiger partial charge in [-0.1, -0.05) is 49.6 Å². The number of phenols is 1. The lowest BCUT2D eigenvalue weighted by Crippen LogP contribution is -2.45. The normalized spacial score (nSPS) is 14.0. The predicted molar refractivity (Wildman–Crippen MR) is 190 cm³/mol. The largest absolute Gasteiger partial charge is 0.506 e. The molecular weight excluding hydrogens is 658 g/mol. The molecule has 276 valence electrons. The van der Waals surface area contributed by atoms with Crippen LogP contribution in [0.1, 0.15) is 62.5 Å². The van der Waals surface area contributed by atoms with Crippen LogP contribution in [0.3, 0.4) is 0 Å². The number of phenolic OH excluding ortho intramolecular Hbond substituents is 1. The van der Waals surface area contributed by atoms with E-state index in [4.69, 9.17) is 19.7 Å². The molecule has 51 heavy (non-hydrogen) atoms. The minimum atomic E-state index is -1.08. The average molecular weight is 708 g/mol. The minimum absolute atomic E-state index is 0.000764. The van der Waals surface area contributed by atoms with Gasteiger partial charge in [-0.2, -0.15) is 5.10 Å². The molecule has 5 rings (SSSR count). The van der Waals surface area contributed by atoms with E-state index in [1.54, 1.807) is 10.7 Å². The number of carboxylic acid groups (broad SMARTS) is 2. The van der Waals surface area contributed by atoms with E-state index in [2.05, 4.69) is 44.9 Å². The van der Waals surface area contributed by atoms with E-state index in [1.807, 2.05) is 25.5 Å². The summed E-state index contributed by atoms with van der Waals surface area (Å²) in [5.74, 6) is -1.74. The Morgan fingerprint density at radius 1 is 0.961 bits per heavy atom. The summed E-state index contributed by atoms with van der Waals surface area (Å²) in [5.41, 5.74) is 4.70. The standard InChI is InChI=1S/C33H43N5O5.C4H6O4/c1-37-22-27(21-35-37)25-9-7-24(8-10-25)14-19-42-20-15-31(41)38(28-5-3-2-4-6-28)18-17-34-16-13-26-11-12-29(39)32-33(26)43-23-30(40)36-32;5-3(6)1-2-4(7)8/h7-12,21-22,28,34,39H,2-6,13-20,23H2,1H3,(H,36,40);1-2H2,(H,5,6)(H,7,8). The number of fused-ring (bicyclic) bond motifs is 1. The summed E-state index contributed by atoms with van der Waals surface area (Å²) in [7, 11) is 1.91. The Kier molecular flexibility index (Phi) is 15.3. The van der Waals surface area contributed by atoms with Gasteiger partial charge in [0.2, 0.25) is 5.91 Å². The van der Waals surface area contributed by atoms with Gasteiger partial charge in [0.05, 0.1) is 38.7 Å². The number of amides is 2. The maximum absolute atomic E-state index is 13.3. The lowest BCUT2D eigenvalue weighted by Gasteiger charge is -2.34. The summed E-state index contributed by atoms with van der Waals surface area (Å²) < 4.78 is 13.3. The molecule has 2 aromatic carbocycles.